The normalized spacial score (nSPS) is 30.7. The fourth-order valence-electron chi connectivity index (χ4n) is 2.11. The fourth-order valence-corrected chi connectivity index (χ4v) is 3.60. The number of sulfone groups is 1. The molecule has 2 fully saturated rings. The van der Waals surface area contributed by atoms with Gasteiger partial charge in [-0.05, 0) is 32.9 Å². The molecule has 1 saturated carbocycles. The predicted octanol–water partition coefficient (Wildman–Crippen LogP) is -0.143. The lowest BCUT2D eigenvalue weighted by atomic mass is 10.2. The SMILES string of the molecule is CN(CCC1CS(=O)(=O)CCN1)C1CC1. The summed E-state index contributed by atoms with van der Waals surface area (Å²) >= 11 is 0. The molecular formula is C10H20N2O2S. The molecular weight excluding hydrogens is 212 g/mol. The number of nitrogens with one attached hydrogen (secondary N) is 1. The summed E-state index contributed by atoms with van der Waals surface area (Å²) in [4.78, 5) is 2.35. The third-order valence-corrected chi connectivity index (χ3v) is 5.04. The highest BCUT2D eigenvalue weighted by molar-refractivity contribution is 7.91. The lowest BCUT2D eigenvalue weighted by Crippen LogP contribution is -2.46. The maximum atomic E-state index is 11.4. The molecule has 2 rings (SSSR count). The van der Waals surface area contributed by atoms with Crippen LogP contribution >= 0.6 is 0 Å². The van der Waals surface area contributed by atoms with Crippen molar-refractivity contribution in [2.45, 2.75) is 31.3 Å². The summed E-state index contributed by atoms with van der Waals surface area (Å²) in [5.41, 5.74) is 0. The number of rotatable bonds is 4. The van der Waals surface area contributed by atoms with Crippen LogP contribution in [0.25, 0.3) is 0 Å². The highest BCUT2D eigenvalue weighted by Gasteiger charge is 2.28. The molecule has 88 valence electrons. The Kier molecular flexibility index (Phi) is 3.33. The zero-order valence-corrected chi connectivity index (χ0v) is 10.1. The van der Waals surface area contributed by atoms with Gasteiger partial charge in [0, 0.05) is 18.6 Å². The summed E-state index contributed by atoms with van der Waals surface area (Å²) < 4.78 is 22.8. The molecule has 15 heavy (non-hydrogen) atoms. The maximum Gasteiger partial charge on any atom is 0.153 e. The van der Waals surface area contributed by atoms with Crippen LogP contribution in [0.15, 0.2) is 0 Å². The summed E-state index contributed by atoms with van der Waals surface area (Å²) in [5.74, 6) is 0.632. The average Bonchev–Trinajstić information content (AvgIpc) is 2.95. The molecule has 1 saturated heterocycles. The fraction of sp³-hybridized carbons (Fsp3) is 1.00. The van der Waals surface area contributed by atoms with E-state index < -0.39 is 9.84 Å². The summed E-state index contributed by atoms with van der Waals surface area (Å²) in [6.07, 6.45) is 3.58. The largest absolute Gasteiger partial charge is 0.312 e. The quantitative estimate of drug-likeness (QED) is 0.733. The van der Waals surface area contributed by atoms with E-state index in [0.717, 1.165) is 19.0 Å². The zero-order valence-electron chi connectivity index (χ0n) is 9.28. The number of hydrogen-bond donors (Lipinski definition) is 1. The van der Waals surface area contributed by atoms with Gasteiger partial charge in [0.2, 0.25) is 0 Å². The van der Waals surface area contributed by atoms with E-state index >= 15 is 0 Å². The van der Waals surface area contributed by atoms with E-state index in [0.29, 0.717) is 18.1 Å². The Morgan fingerprint density at radius 1 is 1.40 bits per heavy atom. The van der Waals surface area contributed by atoms with Crippen LogP contribution in [0.2, 0.25) is 0 Å². The Hall–Kier alpha value is -0.130. The molecule has 0 spiro atoms. The molecule has 1 atom stereocenters. The van der Waals surface area contributed by atoms with Gasteiger partial charge in [0.25, 0.3) is 0 Å². The third kappa shape index (κ3) is 3.43. The van der Waals surface area contributed by atoms with Gasteiger partial charge in [-0.25, -0.2) is 8.42 Å². The van der Waals surface area contributed by atoms with E-state index in [-0.39, 0.29) is 6.04 Å². The summed E-state index contributed by atoms with van der Waals surface area (Å²) in [5, 5.41) is 3.28. The molecule has 0 aromatic rings. The van der Waals surface area contributed by atoms with Crippen molar-refractivity contribution >= 4 is 9.84 Å². The van der Waals surface area contributed by atoms with Crippen LogP contribution in [0.3, 0.4) is 0 Å². The van der Waals surface area contributed by atoms with Gasteiger partial charge in [0.05, 0.1) is 11.5 Å². The molecule has 1 N–H and O–H groups in total. The lowest BCUT2D eigenvalue weighted by molar-refractivity contribution is 0.301. The van der Waals surface area contributed by atoms with Crippen molar-refractivity contribution < 1.29 is 8.42 Å². The topological polar surface area (TPSA) is 49.4 Å². The zero-order chi connectivity index (χ0) is 10.9. The van der Waals surface area contributed by atoms with Crippen LogP contribution < -0.4 is 5.32 Å². The molecule has 5 heteroatoms. The van der Waals surface area contributed by atoms with Crippen molar-refractivity contribution in [3.05, 3.63) is 0 Å². The molecule has 1 aliphatic carbocycles. The second-order valence-corrected chi connectivity index (χ2v) is 6.99. The summed E-state index contributed by atoms with van der Waals surface area (Å²) in [6.45, 7) is 1.64. The Morgan fingerprint density at radius 3 is 2.73 bits per heavy atom. The first kappa shape index (κ1) is 11.4. The molecule has 0 aromatic carbocycles. The highest BCUT2D eigenvalue weighted by atomic mass is 32.2. The monoisotopic (exact) mass is 232 g/mol. The van der Waals surface area contributed by atoms with Gasteiger partial charge in [-0.1, -0.05) is 0 Å². The molecule has 1 unspecified atom stereocenters. The van der Waals surface area contributed by atoms with Crippen molar-refractivity contribution in [2.24, 2.45) is 0 Å². The van der Waals surface area contributed by atoms with Crippen LogP contribution in [-0.4, -0.2) is 57.0 Å². The van der Waals surface area contributed by atoms with E-state index in [9.17, 15) is 8.42 Å². The summed E-state index contributed by atoms with van der Waals surface area (Å²) in [7, 11) is -0.632. The molecule has 1 heterocycles. The minimum Gasteiger partial charge on any atom is -0.312 e. The predicted molar refractivity (Wildman–Crippen MR) is 60.7 cm³/mol. The Morgan fingerprint density at radius 2 is 2.13 bits per heavy atom. The van der Waals surface area contributed by atoms with Gasteiger partial charge >= 0.3 is 0 Å². The van der Waals surface area contributed by atoms with E-state index in [1.54, 1.807) is 0 Å². The van der Waals surface area contributed by atoms with E-state index in [1.165, 1.54) is 12.8 Å². The number of nitrogens with zero attached hydrogens (tertiary/aromatic N) is 1. The second-order valence-electron chi connectivity index (χ2n) is 4.77. The van der Waals surface area contributed by atoms with Gasteiger partial charge < -0.3 is 10.2 Å². The van der Waals surface area contributed by atoms with Crippen LogP contribution in [0.4, 0.5) is 0 Å². The van der Waals surface area contributed by atoms with Crippen LogP contribution in [0, 0.1) is 0 Å². The molecule has 0 bridgehead atoms. The Balaban J connectivity index is 1.74. The highest BCUT2D eigenvalue weighted by Crippen LogP contribution is 2.25. The van der Waals surface area contributed by atoms with E-state index in [4.69, 9.17) is 0 Å². The minimum absolute atomic E-state index is 0.171. The van der Waals surface area contributed by atoms with Crippen molar-refractivity contribution in [1.29, 1.82) is 0 Å². The van der Waals surface area contributed by atoms with Crippen molar-refractivity contribution in [2.75, 3.05) is 31.6 Å². The molecule has 1 aliphatic heterocycles. The summed E-state index contributed by atoms with van der Waals surface area (Å²) in [6, 6.07) is 0.940. The molecule has 0 radical (unpaired) electrons. The number of hydrogen-bond acceptors (Lipinski definition) is 4. The standard InChI is InChI=1S/C10H20N2O2S/c1-12(10-2-3-10)6-4-9-8-15(13,14)7-5-11-9/h9-11H,2-8H2,1H3. The first-order chi connectivity index (χ1) is 7.07. The van der Waals surface area contributed by atoms with Crippen molar-refractivity contribution in [3.8, 4) is 0 Å². The van der Waals surface area contributed by atoms with Gasteiger partial charge in [0.1, 0.15) is 0 Å². The van der Waals surface area contributed by atoms with Gasteiger partial charge in [-0.2, -0.15) is 0 Å². The molecule has 4 nitrogen and oxygen atoms in total. The van der Waals surface area contributed by atoms with Gasteiger partial charge in [-0.3, -0.25) is 0 Å². The molecule has 0 amide bonds. The molecule has 2 aliphatic rings. The van der Waals surface area contributed by atoms with E-state index in [2.05, 4.69) is 17.3 Å². The first-order valence-corrected chi connectivity index (χ1v) is 7.53. The average molecular weight is 232 g/mol. The van der Waals surface area contributed by atoms with Crippen LogP contribution in [0.1, 0.15) is 19.3 Å². The van der Waals surface area contributed by atoms with Crippen molar-refractivity contribution in [3.63, 3.8) is 0 Å². The molecule has 0 aromatic heterocycles. The first-order valence-electron chi connectivity index (χ1n) is 5.71. The minimum atomic E-state index is -2.77. The maximum absolute atomic E-state index is 11.4. The smallest absolute Gasteiger partial charge is 0.153 e. The van der Waals surface area contributed by atoms with Crippen LogP contribution in [0.5, 0.6) is 0 Å². The lowest BCUT2D eigenvalue weighted by Gasteiger charge is -2.25. The van der Waals surface area contributed by atoms with Gasteiger partial charge in [0.15, 0.2) is 9.84 Å². The van der Waals surface area contributed by atoms with Gasteiger partial charge in [-0.15, -0.1) is 0 Å². The van der Waals surface area contributed by atoms with E-state index in [1.807, 2.05) is 0 Å². The van der Waals surface area contributed by atoms with Crippen molar-refractivity contribution in [1.82, 2.24) is 10.2 Å². The Bertz CT molecular complexity index is 311. The van der Waals surface area contributed by atoms with Crippen LogP contribution in [-0.2, 0) is 9.84 Å². The Labute approximate surface area is 91.9 Å². The second kappa shape index (κ2) is 4.39. The third-order valence-electron chi connectivity index (χ3n) is 3.30.